The van der Waals surface area contributed by atoms with E-state index in [1.165, 1.54) is 0 Å². The summed E-state index contributed by atoms with van der Waals surface area (Å²) in [5.74, 6) is 0.866. The van der Waals surface area contributed by atoms with Crippen LogP contribution >= 0.6 is 15.9 Å². The molecule has 0 fully saturated rings. The number of aromatic nitrogens is 1. The average Bonchev–Trinajstić information content (AvgIpc) is 2.23. The second-order valence-electron chi connectivity index (χ2n) is 4.08. The molecule has 4 nitrogen and oxygen atoms in total. The molecule has 0 spiro atoms. The van der Waals surface area contributed by atoms with E-state index in [0.717, 1.165) is 35.4 Å². The zero-order valence-electron chi connectivity index (χ0n) is 10.0. The maximum Gasteiger partial charge on any atom is 0.140 e. The summed E-state index contributed by atoms with van der Waals surface area (Å²) < 4.78 is 0.956. The Balaban J connectivity index is 2.52. The third-order valence-electron chi connectivity index (χ3n) is 2.38. The fourth-order valence-electron chi connectivity index (χ4n) is 1.32. The Morgan fingerprint density at radius 3 is 2.81 bits per heavy atom. The Hall–Kier alpha value is -0.810. The van der Waals surface area contributed by atoms with Crippen LogP contribution in [0.25, 0.3) is 0 Å². The monoisotopic (exact) mass is 286 g/mol. The molecule has 0 radical (unpaired) electrons. The molecule has 0 atom stereocenters. The molecule has 0 aliphatic heterocycles. The SMILES string of the molecule is Cc1c(N)cnc(NCCCN(C)C)c1Br. The van der Waals surface area contributed by atoms with Crippen molar-refractivity contribution in [1.29, 1.82) is 0 Å². The van der Waals surface area contributed by atoms with E-state index in [9.17, 15) is 0 Å². The molecule has 0 bridgehead atoms. The number of halogens is 1. The zero-order chi connectivity index (χ0) is 12.1. The lowest BCUT2D eigenvalue weighted by molar-refractivity contribution is 0.405. The van der Waals surface area contributed by atoms with Crippen LogP contribution in [0.3, 0.4) is 0 Å². The molecule has 90 valence electrons. The lowest BCUT2D eigenvalue weighted by atomic mass is 10.2. The maximum atomic E-state index is 5.76. The first-order valence-electron chi connectivity index (χ1n) is 5.31. The summed E-state index contributed by atoms with van der Waals surface area (Å²) in [6.07, 6.45) is 2.78. The molecule has 0 saturated heterocycles. The maximum absolute atomic E-state index is 5.76. The molecule has 0 aliphatic carbocycles. The van der Waals surface area contributed by atoms with Crippen LogP contribution in [0, 0.1) is 6.92 Å². The summed E-state index contributed by atoms with van der Waals surface area (Å²) >= 11 is 3.50. The standard InChI is InChI=1S/C11H19BrN4/c1-8-9(13)7-15-11(10(8)12)14-5-4-6-16(2)3/h7H,4-6,13H2,1-3H3,(H,14,15). The zero-order valence-corrected chi connectivity index (χ0v) is 11.6. The third kappa shape index (κ3) is 3.64. The predicted molar refractivity (Wildman–Crippen MR) is 72.7 cm³/mol. The van der Waals surface area contributed by atoms with Crippen molar-refractivity contribution in [2.75, 3.05) is 38.2 Å². The van der Waals surface area contributed by atoms with E-state index in [1.54, 1.807) is 6.20 Å². The highest BCUT2D eigenvalue weighted by Gasteiger charge is 2.06. The first kappa shape index (κ1) is 13.3. The number of nitrogens with zero attached hydrogens (tertiary/aromatic N) is 2. The Morgan fingerprint density at radius 1 is 1.50 bits per heavy atom. The van der Waals surface area contributed by atoms with Gasteiger partial charge in [-0.3, -0.25) is 0 Å². The Kier molecular flexibility index (Phi) is 5.02. The molecule has 1 rings (SSSR count). The van der Waals surface area contributed by atoms with Crippen LogP contribution in [0.1, 0.15) is 12.0 Å². The van der Waals surface area contributed by atoms with Crippen molar-refractivity contribution in [3.63, 3.8) is 0 Å². The molecule has 3 N–H and O–H groups in total. The molecular weight excluding hydrogens is 268 g/mol. The third-order valence-corrected chi connectivity index (χ3v) is 3.35. The van der Waals surface area contributed by atoms with Gasteiger partial charge >= 0.3 is 0 Å². The summed E-state index contributed by atoms with van der Waals surface area (Å²) in [5.41, 5.74) is 7.50. The molecule has 0 aliphatic rings. The van der Waals surface area contributed by atoms with Gasteiger partial charge in [0.25, 0.3) is 0 Å². The van der Waals surface area contributed by atoms with Crippen molar-refractivity contribution < 1.29 is 0 Å². The lowest BCUT2D eigenvalue weighted by Gasteiger charge is -2.12. The van der Waals surface area contributed by atoms with Gasteiger partial charge < -0.3 is 16.0 Å². The lowest BCUT2D eigenvalue weighted by Crippen LogP contribution is -2.16. The van der Waals surface area contributed by atoms with Crippen molar-refractivity contribution in [1.82, 2.24) is 9.88 Å². The van der Waals surface area contributed by atoms with Crippen LogP contribution in [-0.4, -0.2) is 37.1 Å². The second-order valence-corrected chi connectivity index (χ2v) is 4.88. The largest absolute Gasteiger partial charge is 0.397 e. The van der Waals surface area contributed by atoms with Crippen LogP contribution in [0.5, 0.6) is 0 Å². The van der Waals surface area contributed by atoms with Gasteiger partial charge in [0.1, 0.15) is 5.82 Å². The highest BCUT2D eigenvalue weighted by molar-refractivity contribution is 9.10. The minimum Gasteiger partial charge on any atom is -0.397 e. The highest BCUT2D eigenvalue weighted by Crippen LogP contribution is 2.27. The van der Waals surface area contributed by atoms with Crippen LogP contribution in [0.4, 0.5) is 11.5 Å². The van der Waals surface area contributed by atoms with E-state index in [-0.39, 0.29) is 0 Å². The van der Waals surface area contributed by atoms with Crippen LogP contribution < -0.4 is 11.1 Å². The number of nitrogens with two attached hydrogens (primary N) is 1. The quantitative estimate of drug-likeness (QED) is 0.814. The van der Waals surface area contributed by atoms with E-state index in [4.69, 9.17) is 5.73 Å². The highest BCUT2D eigenvalue weighted by atomic mass is 79.9. The second kappa shape index (κ2) is 6.06. The molecule has 0 unspecified atom stereocenters. The number of nitrogen functional groups attached to an aromatic ring is 1. The van der Waals surface area contributed by atoms with Gasteiger partial charge in [0, 0.05) is 6.54 Å². The molecule has 16 heavy (non-hydrogen) atoms. The van der Waals surface area contributed by atoms with E-state index in [2.05, 4.69) is 45.2 Å². The average molecular weight is 287 g/mol. The van der Waals surface area contributed by atoms with Gasteiger partial charge in [0.05, 0.1) is 16.4 Å². The van der Waals surface area contributed by atoms with Crippen molar-refractivity contribution in [2.24, 2.45) is 0 Å². The van der Waals surface area contributed by atoms with Gasteiger partial charge in [0.2, 0.25) is 0 Å². The topological polar surface area (TPSA) is 54.2 Å². The van der Waals surface area contributed by atoms with E-state index < -0.39 is 0 Å². The van der Waals surface area contributed by atoms with Gasteiger partial charge in [0.15, 0.2) is 0 Å². The van der Waals surface area contributed by atoms with Crippen molar-refractivity contribution in [2.45, 2.75) is 13.3 Å². The van der Waals surface area contributed by atoms with E-state index >= 15 is 0 Å². The number of hydrogen-bond acceptors (Lipinski definition) is 4. The smallest absolute Gasteiger partial charge is 0.140 e. The summed E-state index contributed by atoms with van der Waals surface area (Å²) in [5, 5.41) is 3.30. The molecule has 1 heterocycles. The minimum atomic E-state index is 0.714. The number of rotatable bonds is 5. The normalized spacial score (nSPS) is 10.8. The summed E-state index contributed by atoms with van der Waals surface area (Å²) in [7, 11) is 4.14. The summed E-state index contributed by atoms with van der Waals surface area (Å²) in [6, 6.07) is 0. The van der Waals surface area contributed by atoms with Crippen molar-refractivity contribution in [3.05, 3.63) is 16.2 Å². The molecule has 1 aromatic heterocycles. The Labute approximate surface area is 105 Å². The molecule has 0 saturated carbocycles. The van der Waals surface area contributed by atoms with Gasteiger partial charge in [-0.25, -0.2) is 4.98 Å². The van der Waals surface area contributed by atoms with Crippen LogP contribution in [0.15, 0.2) is 10.7 Å². The molecular formula is C11H19BrN4. The number of hydrogen-bond donors (Lipinski definition) is 2. The number of anilines is 2. The fourth-order valence-corrected chi connectivity index (χ4v) is 1.79. The summed E-state index contributed by atoms with van der Waals surface area (Å²) in [6.45, 7) is 3.96. The molecule has 1 aromatic rings. The van der Waals surface area contributed by atoms with Gasteiger partial charge in [-0.15, -0.1) is 0 Å². The van der Waals surface area contributed by atoms with E-state index in [0.29, 0.717) is 5.69 Å². The van der Waals surface area contributed by atoms with Crippen LogP contribution in [-0.2, 0) is 0 Å². The van der Waals surface area contributed by atoms with Gasteiger partial charge in [-0.2, -0.15) is 0 Å². The number of nitrogens with one attached hydrogen (secondary N) is 1. The molecule has 0 amide bonds. The summed E-state index contributed by atoms with van der Waals surface area (Å²) in [4.78, 5) is 6.42. The first-order valence-corrected chi connectivity index (χ1v) is 6.11. The number of pyridine rings is 1. The van der Waals surface area contributed by atoms with E-state index in [1.807, 2.05) is 6.92 Å². The first-order chi connectivity index (χ1) is 7.52. The molecule has 0 aromatic carbocycles. The Bertz CT molecular complexity index is 352. The minimum absolute atomic E-state index is 0.714. The fraction of sp³-hybridized carbons (Fsp3) is 0.545. The van der Waals surface area contributed by atoms with Gasteiger partial charge in [-0.05, 0) is 55.5 Å². The van der Waals surface area contributed by atoms with Crippen LogP contribution in [0.2, 0.25) is 0 Å². The van der Waals surface area contributed by atoms with Crippen molar-refractivity contribution in [3.8, 4) is 0 Å². The Morgan fingerprint density at radius 2 is 2.19 bits per heavy atom. The molecule has 5 heteroatoms. The van der Waals surface area contributed by atoms with Gasteiger partial charge in [-0.1, -0.05) is 0 Å². The predicted octanol–water partition coefficient (Wildman–Crippen LogP) is 2.10. The van der Waals surface area contributed by atoms with Crippen molar-refractivity contribution >= 4 is 27.4 Å².